The summed E-state index contributed by atoms with van der Waals surface area (Å²) in [6.07, 6.45) is 1.46. The van der Waals surface area contributed by atoms with Crippen LogP contribution in [0.15, 0.2) is 6.07 Å². The van der Waals surface area contributed by atoms with Crippen LogP contribution in [0.4, 0.5) is 10.1 Å². The van der Waals surface area contributed by atoms with Crippen molar-refractivity contribution in [3.8, 4) is 5.75 Å². The molecule has 9 heteroatoms. The van der Waals surface area contributed by atoms with Gasteiger partial charge in [0.15, 0.2) is 5.82 Å². The van der Waals surface area contributed by atoms with Crippen LogP contribution >= 0.6 is 0 Å². The van der Waals surface area contributed by atoms with Crippen molar-refractivity contribution in [1.29, 1.82) is 0 Å². The quantitative estimate of drug-likeness (QED) is 0.701. The van der Waals surface area contributed by atoms with Gasteiger partial charge in [-0.05, 0) is 37.6 Å². The summed E-state index contributed by atoms with van der Waals surface area (Å²) in [6.45, 7) is 2.30. The minimum atomic E-state index is -1.87. The van der Waals surface area contributed by atoms with Crippen molar-refractivity contribution in [3.63, 3.8) is 0 Å². The number of benzene rings is 1. The lowest BCUT2D eigenvalue weighted by Gasteiger charge is -2.30. The molecule has 0 saturated carbocycles. The minimum absolute atomic E-state index is 0.180. The minimum Gasteiger partial charge on any atom is -0.506 e. The molecule has 1 aromatic carbocycles. The molecular formula is C14H19FN4O3S. The maximum absolute atomic E-state index is 14.9. The summed E-state index contributed by atoms with van der Waals surface area (Å²) in [4.78, 5) is 13.4. The molecule has 3 rings (SSSR count). The Hall–Kier alpha value is -1.71. The molecule has 1 aromatic rings. The Bertz CT molecular complexity index is 670. The van der Waals surface area contributed by atoms with E-state index in [4.69, 9.17) is 5.73 Å². The maximum Gasteiger partial charge on any atom is 0.253 e. The standard InChI is InChI=1S/C14H19FN4O3S/c15-13-10-7-18(4-1-3-16)5-2-9(10)6-11(20)14(13)19-8-12(21)17-23(19)22/h6,20H,1-5,7-8,16H2,(H,17,21). The number of aromatic hydroxyl groups is 1. The van der Waals surface area contributed by atoms with E-state index in [-0.39, 0.29) is 18.0 Å². The van der Waals surface area contributed by atoms with Gasteiger partial charge >= 0.3 is 0 Å². The van der Waals surface area contributed by atoms with Crippen molar-refractivity contribution in [1.82, 2.24) is 9.62 Å². The summed E-state index contributed by atoms with van der Waals surface area (Å²) < 4.78 is 30.0. The normalized spacial score (nSPS) is 21.4. The zero-order chi connectivity index (χ0) is 16.6. The SMILES string of the molecule is NCCCN1CCc2cc(O)c(N3CC(=O)NS3=O)c(F)c2C1. The number of nitrogens with two attached hydrogens (primary N) is 1. The van der Waals surface area contributed by atoms with Gasteiger partial charge in [0, 0.05) is 18.7 Å². The van der Waals surface area contributed by atoms with Crippen molar-refractivity contribution in [2.75, 3.05) is 30.5 Å². The Kier molecular flexibility index (Phi) is 4.51. The molecule has 23 heavy (non-hydrogen) atoms. The molecule has 0 aliphatic carbocycles. The van der Waals surface area contributed by atoms with Gasteiger partial charge in [0.05, 0.1) is 0 Å². The Balaban J connectivity index is 1.94. The Morgan fingerprint density at radius 2 is 2.22 bits per heavy atom. The van der Waals surface area contributed by atoms with Crippen LogP contribution in [0.5, 0.6) is 5.75 Å². The molecule has 2 aliphatic heterocycles. The van der Waals surface area contributed by atoms with Crippen LogP contribution in [0, 0.1) is 5.82 Å². The first-order chi connectivity index (χ1) is 11.0. The zero-order valence-electron chi connectivity index (χ0n) is 12.5. The summed E-state index contributed by atoms with van der Waals surface area (Å²) in [7, 11) is 0. The number of phenolic OH excluding ortho intramolecular Hbond substituents is 1. The Morgan fingerprint density at radius 3 is 2.87 bits per heavy atom. The van der Waals surface area contributed by atoms with Crippen LogP contribution in [-0.2, 0) is 28.9 Å². The van der Waals surface area contributed by atoms with Crippen molar-refractivity contribution >= 4 is 22.8 Å². The highest BCUT2D eigenvalue weighted by molar-refractivity contribution is 7.85. The predicted molar refractivity (Wildman–Crippen MR) is 84.3 cm³/mol. The van der Waals surface area contributed by atoms with Gasteiger partial charge in [-0.25, -0.2) is 8.60 Å². The fourth-order valence-corrected chi connectivity index (χ4v) is 3.91. The first-order valence-corrected chi connectivity index (χ1v) is 8.56. The van der Waals surface area contributed by atoms with E-state index >= 15 is 0 Å². The van der Waals surface area contributed by atoms with Crippen LogP contribution in [0.25, 0.3) is 0 Å². The third-order valence-electron chi connectivity index (χ3n) is 4.11. The number of hydrogen-bond donors (Lipinski definition) is 3. The molecule has 0 aromatic heterocycles. The summed E-state index contributed by atoms with van der Waals surface area (Å²) >= 11 is -1.87. The van der Waals surface area contributed by atoms with Gasteiger partial charge in [-0.1, -0.05) is 0 Å². The van der Waals surface area contributed by atoms with Gasteiger partial charge in [-0.2, -0.15) is 0 Å². The number of amides is 1. The summed E-state index contributed by atoms with van der Waals surface area (Å²) in [6, 6.07) is 1.51. The van der Waals surface area contributed by atoms with Crippen molar-refractivity contribution < 1.29 is 18.5 Å². The number of carbonyl (C=O) groups is 1. The molecule has 0 radical (unpaired) electrons. The number of nitrogens with zero attached hydrogens (tertiary/aromatic N) is 2. The van der Waals surface area contributed by atoms with E-state index in [1.54, 1.807) is 0 Å². The maximum atomic E-state index is 14.9. The number of halogens is 1. The van der Waals surface area contributed by atoms with Gasteiger partial charge in [0.25, 0.3) is 5.91 Å². The topological polar surface area (TPSA) is 98.9 Å². The lowest BCUT2D eigenvalue weighted by Crippen LogP contribution is -2.33. The van der Waals surface area contributed by atoms with E-state index in [1.807, 2.05) is 0 Å². The average molecular weight is 342 g/mol. The summed E-state index contributed by atoms with van der Waals surface area (Å²) in [5.41, 5.74) is 6.56. The van der Waals surface area contributed by atoms with Crippen molar-refractivity contribution in [2.45, 2.75) is 19.4 Å². The molecule has 7 nitrogen and oxygen atoms in total. The van der Waals surface area contributed by atoms with Crippen LogP contribution in [-0.4, -0.2) is 46.3 Å². The number of hydrogen-bond acceptors (Lipinski definition) is 5. The fourth-order valence-electron chi connectivity index (χ4n) is 2.97. The van der Waals surface area contributed by atoms with Gasteiger partial charge < -0.3 is 10.8 Å². The Morgan fingerprint density at radius 1 is 1.43 bits per heavy atom. The molecule has 1 unspecified atom stereocenters. The second-order valence-corrected chi connectivity index (χ2v) is 6.82. The van der Waals surface area contributed by atoms with E-state index in [0.29, 0.717) is 25.1 Å². The molecule has 2 aliphatic rings. The summed E-state index contributed by atoms with van der Waals surface area (Å²) in [5, 5.41) is 10.1. The first kappa shape index (κ1) is 16.2. The van der Waals surface area contributed by atoms with Crippen LogP contribution in [0.2, 0.25) is 0 Å². The smallest absolute Gasteiger partial charge is 0.253 e. The number of rotatable bonds is 4. The second kappa shape index (κ2) is 6.42. The van der Waals surface area contributed by atoms with Gasteiger partial charge in [0.2, 0.25) is 11.2 Å². The van der Waals surface area contributed by atoms with Crippen molar-refractivity contribution in [3.05, 3.63) is 23.0 Å². The molecule has 126 valence electrons. The average Bonchev–Trinajstić information content (AvgIpc) is 2.84. The number of phenols is 1. The highest BCUT2D eigenvalue weighted by Gasteiger charge is 2.34. The molecule has 1 amide bonds. The first-order valence-electron chi connectivity index (χ1n) is 7.45. The largest absolute Gasteiger partial charge is 0.506 e. The molecule has 0 bridgehead atoms. The highest BCUT2D eigenvalue weighted by atomic mass is 32.2. The van der Waals surface area contributed by atoms with E-state index < -0.39 is 22.9 Å². The van der Waals surface area contributed by atoms with Crippen LogP contribution in [0.1, 0.15) is 17.5 Å². The van der Waals surface area contributed by atoms with Gasteiger partial charge in [-0.3, -0.25) is 18.7 Å². The van der Waals surface area contributed by atoms with Crippen molar-refractivity contribution in [2.24, 2.45) is 5.73 Å². The third-order valence-corrected chi connectivity index (χ3v) is 5.22. The molecule has 1 atom stereocenters. The highest BCUT2D eigenvalue weighted by Crippen LogP contribution is 2.38. The molecular weight excluding hydrogens is 323 g/mol. The van der Waals surface area contributed by atoms with E-state index in [2.05, 4.69) is 9.62 Å². The molecule has 1 fully saturated rings. The van der Waals surface area contributed by atoms with Gasteiger partial charge in [-0.15, -0.1) is 0 Å². The zero-order valence-corrected chi connectivity index (χ0v) is 13.4. The van der Waals surface area contributed by atoms with E-state index in [0.717, 1.165) is 29.4 Å². The molecule has 2 heterocycles. The number of fused-ring (bicyclic) bond motifs is 1. The fraction of sp³-hybridized carbons (Fsp3) is 0.500. The summed E-state index contributed by atoms with van der Waals surface area (Å²) in [5.74, 6) is -1.37. The predicted octanol–water partition coefficient (Wildman–Crippen LogP) is -0.247. The lowest BCUT2D eigenvalue weighted by molar-refractivity contribution is -0.117. The molecule has 4 N–H and O–H groups in total. The molecule has 1 saturated heterocycles. The number of carbonyl (C=O) groups excluding carboxylic acids is 1. The number of anilines is 1. The van der Waals surface area contributed by atoms with E-state index in [9.17, 15) is 18.5 Å². The number of nitrogens with one attached hydrogen (secondary N) is 1. The second-order valence-electron chi connectivity index (χ2n) is 5.68. The Labute approximate surface area is 136 Å². The lowest BCUT2D eigenvalue weighted by atomic mass is 9.97. The van der Waals surface area contributed by atoms with Crippen LogP contribution in [0.3, 0.4) is 0 Å². The third kappa shape index (κ3) is 3.04. The van der Waals surface area contributed by atoms with E-state index in [1.165, 1.54) is 6.07 Å². The van der Waals surface area contributed by atoms with Gasteiger partial charge in [0.1, 0.15) is 18.0 Å². The molecule has 0 spiro atoms. The monoisotopic (exact) mass is 342 g/mol. The van der Waals surface area contributed by atoms with Crippen LogP contribution < -0.4 is 14.8 Å².